The molecular weight excluding hydrogens is 254 g/mol. The van der Waals surface area contributed by atoms with Crippen LogP contribution in [-0.4, -0.2) is 40.7 Å². The lowest BCUT2D eigenvalue weighted by molar-refractivity contribution is 0.111. The Labute approximate surface area is 117 Å². The highest BCUT2D eigenvalue weighted by Gasteiger charge is 2.20. The van der Waals surface area contributed by atoms with Gasteiger partial charge in [-0.05, 0) is 31.1 Å². The van der Waals surface area contributed by atoms with Gasteiger partial charge in [0.2, 0.25) is 0 Å². The standard InChI is InChI=1S/C15H17N3O2/c1-2-20-15(19)18-8-5-11(6-9-18)12-10-17-13-4-3-7-16-14(12)13/h3-5,7,10,17H,2,6,8-9H2,1H3. The van der Waals surface area contributed by atoms with Gasteiger partial charge in [-0.25, -0.2) is 4.79 Å². The van der Waals surface area contributed by atoms with E-state index in [9.17, 15) is 4.79 Å². The number of nitrogens with zero attached hydrogens (tertiary/aromatic N) is 2. The summed E-state index contributed by atoms with van der Waals surface area (Å²) in [5, 5.41) is 0. The van der Waals surface area contributed by atoms with Crippen LogP contribution in [0.2, 0.25) is 0 Å². The Kier molecular flexibility index (Phi) is 3.41. The maximum Gasteiger partial charge on any atom is 0.410 e. The molecule has 3 heterocycles. The SMILES string of the molecule is CCOC(=O)N1CC=C(c2c[nH]c3cccnc23)CC1. The van der Waals surface area contributed by atoms with Gasteiger partial charge in [-0.3, -0.25) is 4.98 Å². The fraction of sp³-hybridized carbons (Fsp3) is 0.333. The molecule has 0 aliphatic carbocycles. The molecule has 1 amide bonds. The minimum atomic E-state index is -0.236. The van der Waals surface area contributed by atoms with Gasteiger partial charge in [0.25, 0.3) is 0 Å². The molecule has 1 N–H and O–H groups in total. The maximum absolute atomic E-state index is 11.7. The lowest BCUT2D eigenvalue weighted by Gasteiger charge is -2.25. The number of aromatic nitrogens is 2. The Hall–Kier alpha value is -2.30. The van der Waals surface area contributed by atoms with Crippen LogP contribution in [0.3, 0.4) is 0 Å². The normalized spacial score (nSPS) is 15.2. The molecule has 20 heavy (non-hydrogen) atoms. The molecular formula is C15H17N3O2. The fourth-order valence-electron chi connectivity index (χ4n) is 2.49. The first-order valence-electron chi connectivity index (χ1n) is 6.83. The van der Waals surface area contributed by atoms with Gasteiger partial charge in [0, 0.05) is 31.0 Å². The number of nitrogens with one attached hydrogen (secondary N) is 1. The molecule has 0 fully saturated rings. The monoisotopic (exact) mass is 271 g/mol. The zero-order valence-electron chi connectivity index (χ0n) is 11.4. The molecule has 0 radical (unpaired) electrons. The number of carbonyl (C=O) groups excluding carboxylic acids is 1. The summed E-state index contributed by atoms with van der Waals surface area (Å²) in [5.41, 5.74) is 4.39. The topological polar surface area (TPSA) is 58.2 Å². The summed E-state index contributed by atoms with van der Waals surface area (Å²) < 4.78 is 5.02. The Morgan fingerprint density at radius 2 is 2.45 bits per heavy atom. The number of H-pyrrole nitrogens is 1. The van der Waals surface area contributed by atoms with Crippen LogP contribution in [0.5, 0.6) is 0 Å². The first kappa shape index (κ1) is 12.7. The predicted molar refractivity (Wildman–Crippen MR) is 77.3 cm³/mol. The predicted octanol–water partition coefficient (Wildman–Crippen LogP) is 2.81. The zero-order valence-corrected chi connectivity index (χ0v) is 11.4. The highest BCUT2D eigenvalue weighted by Crippen LogP contribution is 2.27. The van der Waals surface area contributed by atoms with Crippen molar-refractivity contribution in [3.8, 4) is 0 Å². The van der Waals surface area contributed by atoms with Gasteiger partial charge in [0.1, 0.15) is 0 Å². The van der Waals surface area contributed by atoms with E-state index in [-0.39, 0.29) is 6.09 Å². The van der Waals surface area contributed by atoms with E-state index in [1.165, 1.54) is 5.57 Å². The molecule has 0 unspecified atom stereocenters. The summed E-state index contributed by atoms with van der Waals surface area (Å²) >= 11 is 0. The maximum atomic E-state index is 11.7. The lowest BCUT2D eigenvalue weighted by Crippen LogP contribution is -2.35. The third-order valence-electron chi connectivity index (χ3n) is 3.52. The van der Waals surface area contributed by atoms with Crippen LogP contribution >= 0.6 is 0 Å². The largest absolute Gasteiger partial charge is 0.450 e. The van der Waals surface area contributed by atoms with Crippen molar-refractivity contribution in [2.24, 2.45) is 0 Å². The van der Waals surface area contributed by atoms with E-state index >= 15 is 0 Å². The second-order valence-electron chi connectivity index (χ2n) is 4.73. The second kappa shape index (κ2) is 5.36. The van der Waals surface area contributed by atoms with Crippen molar-refractivity contribution in [3.63, 3.8) is 0 Å². The molecule has 0 spiro atoms. The van der Waals surface area contributed by atoms with Crippen molar-refractivity contribution in [1.29, 1.82) is 0 Å². The number of fused-ring (bicyclic) bond motifs is 1. The van der Waals surface area contributed by atoms with E-state index in [1.54, 1.807) is 11.1 Å². The lowest BCUT2D eigenvalue weighted by atomic mass is 10.0. The molecule has 104 valence electrons. The average molecular weight is 271 g/mol. The molecule has 3 rings (SSSR count). The smallest absolute Gasteiger partial charge is 0.410 e. The number of pyridine rings is 1. The summed E-state index contributed by atoms with van der Waals surface area (Å²) in [5.74, 6) is 0. The molecule has 1 aliphatic rings. The number of aromatic amines is 1. The zero-order chi connectivity index (χ0) is 13.9. The van der Waals surface area contributed by atoms with Crippen LogP contribution in [0.25, 0.3) is 16.6 Å². The van der Waals surface area contributed by atoms with Crippen LogP contribution in [0.4, 0.5) is 4.79 Å². The molecule has 0 saturated carbocycles. The second-order valence-corrected chi connectivity index (χ2v) is 4.73. The van der Waals surface area contributed by atoms with E-state index in [2.05, 4.69) is 16.0 Å². The molecule has 0 atom stereocenters. The molecule has 5 heteroatoms. The Morgan fingerprint density at radius 1 is 1.55 bits per heavy atom. The third-order valence-corrected chi connectivity index (χ3v) is 3.52. The van der Waals surface area contributed by atoms with E-state index < -0.39 is 0 Å². The van der Waals surface area contributed by atoms with Gasteiger partial charge < -0.3 is 14.6 Å². The molecule has 0 aromatic carbocycles. The van der Waals surface area contributed by atoms with Crippen LogP contribution in [-0.2, 0) is 4.74 Å². The molecule has 0 bridgehead atoms. The van der Waals surface area contributed by atoms with Gasteiger partial charge in [-0.15, -0.1) is 0 Å². The molecule has 1 aliphatic heterocycles. The minimum absolute atomic E-state index is 0.236. The minimum Gasteiger partial charge on any atom is -0.450 e. The van der Waals surface area contributed by atoms with Gasteiger partial charge in [0.05, 0.1) is 17.6 Å². The summed E-state index contributed by atoms with van der Waals surface area (Å²) in [4.78, 5) is 21.0. The summed E-state index contributed by atoms with van der Waals surface area (Å²) in [6.45, 7) is 3.51. The van der Waals surface area contributed by atoms with Gasteiger partial charge in [-0.1, -0.05) is 6.08 Å². The third kappa shape index (κ3) is 2.27. The van der Waals surface area contributed by atoms with Crippen LogP contribution in [0.15, 0.2) is 30.6 Å². The molecule has 5 nitrogen and oxygen atoms in total. The molecule has 2 aromatic rings. The number of hydrogen-bond donors (Lipinski definition) is 1. The quantitative estimate of drug-likeness (QED) is 0.913. The van der Waals surface area contributed by atoms with Gasteiger partial charge in [-0.2, -0.15) is 0 Å². The average Bonchev–Trinajstić information content (AvgIpc) is 2.92. The van der Waals surface area contributed by atoms with Crippen LogP contribution in [0.1, 0.15) is 18.9 Å². The first-order valence-corrected chi connectivity index (χ1v) is 6.83. The van der Waals surface area contributed by atoms with Gasteiger partial charge >= 0.3 is 6.09 Å². The van der Waals surface area contributed by atoms with Crippen LogP contribution < -0.4 is 0 Å². The van der Waals surface area contributed by atoms with E-state index in [0.29, 0.717) is 19.7 Å². The number of carbonyl (C=O) groups is 1. The Balaban J connectivity index is 1.81. The first-order chi connectivity index (χ1) is 9.79. The summed E-state index contributed by atoms with van der Waals surface area (Å²) in [7, 11) is 0. The molecule has 2 aromatic heterocycles. The van der Waals surface area contributed by atoms with Gasteiger partial charge in [0.15, 0.2) is 0 Å². The number of amides is 1. The van der Waals surface area contributed by atoms with Crippen molar-refractivity contribution in [3.05, 3.63) is 36.2 Å². The van der Waals surface area contributed by atoms with Crippen molar-refractivity contribution in [2.45, 2.75) is 13.3 Å². The van der Waals surface area contributed by atoms with Crippen LogP contribution in [0, 0.1) is 0 Å². The number of ether oxygens (including phenoxy) is 1. The Morgan fingerprint density at radius 3 is 3.20 bits per heavy atom. The fourth-order valence-corrected chi connectivity index (χ4v) is 2.49. The van der Waals surface area contributed by atoms with E-state index in [4.69, 9.17) is 4.74 Å². The van der Waals surface area contributed by atoms with Crippen molar-refractivity contribution in [2.75, 3.05) is 19.7 Å². The van der Waals surface area contributed by atoms with E-state index in [0.717, 1.165) is 23.0 Å². The highest BCUT2D eigenvalue weighted by atomic mass is 16.6. The summed E-state index contributed by atoms with van der Waals surface area (Å²) in [6, 6.07) is 3.93. The number of rotatable bonds is 2. The van der Waals surface area contributed by atoms with Crippen molar-refractivity contribution in [1.82, 2.24) is 14.9 Å². The van der Waals surface area contributed by atoms with E-state index in [1.807, 2.05) is 25.3 Å². The Bertz CT molecular complexity index is 660. The summed E-state index contributed by atoms with van der Waals surface area (Å²) in [6.07, 6.45) is 6.46. The highest BCUT2D eigenvalue weighted by molar-refractivity contribution is 5.89. The van der Waals surface area contributed by atoms with Crippen molar-refractivity contribution < 1.29 is 9.53 Å². The number of hydrogen-bond acceptors (Lipinski definition) is 3. The molecule has 0 saturated heterocycles. The van der Waals surface area contributed by atoms with Crippen molar-refractivity contribution >= 4 is 22.7 Å².